The molecule has 0 aliphatic rings. The molecule has 1 rings (SSSR count). The Morgan fingerprint density at radius 1 is 1.21 bits per heavy atom. The highest BCUT2D eigenvalue weighted by atomic mass is 16.6. The summed E-state index contributed by atoms with van der Waals surface area (Å²) in [6.45, 7) is 9.72. The van der Waals surface area contributed by atoms with Crippen molar-refractivity contribution in [3.8, 4) is 11.5 Å². The Kier molecular flexibility index (Phi) is 7.82. The zero-order valence-electron chi connectivity index (χ0n) is 14.7. The summed E-state index contributed by atoms with van der Waals surface area (Å²) in [5.74, 6) is 0.362. The van der Waals surface area contributed by atoms with Gasteiger partial charge >= 0.3 is 5.97 Å². The number of ether oxygens (including phenoxy) is 3. The van der Waals surface area contributed by atoms with E-state index in [9.17, 15) is 9.59 Å². The van der Waals surface area contributed by atoms with Crippen molar-refractivity contribution in [3.05, 3.63) is 36.4 Å². The van der Waals surface area contributed by atoms with Crippen LogP contribution in [-0.2, 0) is 14.3 Å². The summed E-state index contributed by atoms with van der Waals surface area (Å²) < 4.78 is 15.6. The molecule has 132 valence electrons. The van der Waals surface area contributed by atoms with Gasteiger partial charge < -0.3 is 19.1 Å². The average molecular weight is 335 g/mol. The van der Waals surface area contributed by atoms with Gasteiger partial charge in [0.25, 0.3) is 5.91 Å². The van der Waals surface area contributed by atoms with Crippen LogP contribution in [0.3, 0.4) is 0 Å². The SMILES string of the molecule is C=C(C)CN(CC)C(=O)COC(=O)C(C)Oc1ccc(OC)cc1. The largest absolute Gasteiger partial charge is 0.497 e. The second kappa shape index (κ2) is 9.60. The van der Waals surface area contributed by atoms with E-state index in [1.807, 2.05) is 13.8 Å². The fourth-order valence-corrected chi connectivity index (χ4v) is 1.95. The minimum atomic E-state index is -0.817. The average Bonchev–Trinajstić information content (AvgIpc) is 2.57. The number of methoxy groups -OCH3 is 1. The second-order valence-electron chi connectivity index (χ2n) is 5.41. The first-order valence-corrected chi connectivity index (χ1v) is 7.76. The van der Waals surface area contributed by atoms with Crippen molar-refractivity contribution < 1.29 is 23.8 Å². The summed E-state index contributed by atoms with van der Waals surface area (Å²) >= 11 is 0. The van der Waals surface area contributed by atoms with Crippen LogP contribution in [0.4, 0.5) is 0 Å². The van der Waals surface area contributed by atoms with E-state index in [0.717, 1.165) is 5.57 Å². The predicted molar refractivity (Wildman–Crippen MR) is 91.1 cm³/mol. The minimum Gasteiger partial charge on any atom is -0.497 e. The maximum absolute atomic E-state index is 12.0. The summed E-state index contributed by atoms with van der Waals surface area (Å²) in [7, 11) is 1.57. The smallest absolute Gasteiger partial charge is 0.347 e. The molecule has 0 aromatic heterocycles. The number of benzene rings is 1. The molecule has 24 heavy (non-hydrogen) atoms. The van der Waals surface area contributed by atoms with Crippen LogP contribution in [0.5, 0.6) is 11.5 Å². The number of esters is 1. The van der Waals surface area contributed by atoms with Gasteiger partial charge in [-0.1, -0.05) is 12.2 Å². The van der Waals surface area contributed by atoms with Crippen molar-refractivity contribution in [2.24, 2.45) is 0 Å². The van der Waals surface area contributed by atoms with Gasteiger partial charge in [-0.2, -0.15) is 0 Å². The lowest BCUT2D eigenvalue weighted by Crippen LogP contribution is -2.37. The van der Waals surface area contributed by atoms with E-state index in [2.05, 4.69) is 6.58 Å². The molecule has 1 unspecified atom stereocenters. The number of hydrogen-bond donors (Lipinski definition) is 0. The van der Waals surface area contributed by atoms with Crippen LogP contribution in [0.15, 0.2) is 36.4 Å². The van der Waals surface area contributed by atoms with Gasteiger partial charge in [0.15, 0.2) is 12.7 Å². The van der Waals surface area contributed by atoms with Crippen LogP contribution in [0.25, 0.3) is 0 Å². The summed E-state index contributed by atoms with van der Waals surface area (Å²) in [6.07, 6.45) is -0.817. The summed E-state index contributed by atoms with van der Waals surface area (Å²) in [5.41, 5.74) is 0.868. The summed E-state index contributed by atoms with van der Waals surface area (Å²) in [5, 5.41) is 0. The second-order valence-corrected chi connectivity index (χ2v) is 5.41. The number of likely N-dealkylation sites (N-methyl/N-ethyl adjacent to an activating group) is 1. The summed E-state index contributed by atoms with van der Waals surface area (Å²) in [6, 6.07) is 6.85. The Hall–Kier alpha value is -2.50. The van der Waals surface area contributed by atoms with Crippen molar-refractivity contribution in [1.82, 2.24) is 4.90 Å². The van der Waals surface area contributed by atoms with Gasteiger partial charge in [0.05, 0.1) is 7.11 Å². The standard InChI is InChI=1S/C18H25NO5/c1-6-19(11-13(2)3)17(20)12-23-18(21)14(4)24-16-9-7-15(22-5)8-10-16/h7-10,14H,2,6,11-12H2,1,3-5H3. The van der Waals surface area contributed by atoms with Gasteiger partial charge in [-0.15, -0.1) is 0 Å². The third-order valence-electron chi connectivity index (χ3n) is 3.24. The number of nitrogens with zero attached hydrogens (tertiary/aromatic N) is 1. The Morgan fingerprint density at radius 3 is 2.29 bits per heavy atom. The lowest BCUT2D eigenvalue weighted by molar-refractivity contribution is -0.157. The molecule has 6 heteroatoms. The number of hydrogen-bond acceptors (Lipinski definition) is 5. The predicted octanol–water partition coefficient (Wildman–Crippen LogP) is 2.43. The zero-order chi connectivity index (χ0) is 18.1. The van der Waals surface area contributed by atoms with Crippen LogP contribution < -0.4 is 9.47 Å². The molecule has 0 spiro atoms. The quantitative estimate of drug-likeness (QED) is 0.512. The fourth-order valence-electron chi connectivity index (χ4n) is 1.95. The van der Waals surface area contributed by atoms with E-state index in [4.69, 9.17) is 14.2 Å². The van der Waals surface area contributed by atoms with Crippen LogP contribution in [0.2, 0.25) is 0 Å². The Balaban J connectivity index is 2.48. The lowest BCUT2D eigenvalue weighted by Gasteiger charge is -2.21. The molecule has 0 fully saturated rings. The van der Waals surface area contributed by atoms with Gasteiger partial charge in [-0.3, -0.25) is 4.79 Å². The van der Waals surface area contributed by atoms with E-state index in [1.54, 1.807) is 43.2 Å². The van der Waals surface area contributed by atoms with Crippen molar-refractivity contribution in [2.45, 2.75) is 26.9 Å². The van der Waals surface area contributed by atoms with Crippen molar-refractivity contribution >= 4 is 11.9 Å². The first kappa shape index (κ1) is 19.5. The molecule has 6 nitrogen and oxygen atoms in total. The third kappa shape index (κ3) is 6.32. The minimum absolute atomic E-state index is 0.259. The first-order valence-electron chi connectivity index (χ1n) is 7.76. The molecular formula is C18H25NO5. The van der Waals surface area contributed by atoms with Crippen molar-refractivity contribution in [3.63, 3.8) is 0 Å². The first-order chi connectivity index (χ1) is 11.4. The monoisotopic (exact) mass is 335 g/mol. The summed E-state index contributed by atoms with van der Waals surface area (Å²) in [4.78, 5) is 25.5. The molecule has 0 heterocycles. The van der Waals surface area contributed by atoms with Gasteiger partial charge in [0, 0.05) is 13.1 Å². The van der Waals surface area contributed by atoms with Crippen LogP contribution in [-0.4, -0.2) is 49.7 Å². The molecule has 0 aliphatic carbocycles. The van der Waals surface area contributed by atoms with Gasteiger partial charge in [-0.05, 0) is 45.0 Å². The van der Waals surface area contributed by atoms with E-state index >= 15 is 0 Å². The maximum atomic E-state index is 12.0. The molecule has 0 saturated carbocycles. The highest BCUT2D eigenvalue weighted by Crippen LogP contribution is 2.18. The fraction of sp³-hybridized carbons (Fsp3) is 0.444. The normalized spacial score (nSPS) is 11.3. The molecule has 1 atom stereocenters. The molecule has 0 saturated heterocycles. The zero-order valence-corrected chi connectivity index (χ0v) is 14.7. The van der Waals surface area contributed by atoms with Crippen molar-refractivity contribution in [1.29, 1.82) is 0 Å². The van der Waals surface area contributed by atoms with Gasteiger partial charge in [-0.25, -0.2) is 4.79 Å². The molecule has 1 aromatic rings. The number of carbonyl (C=O) groups is 2. The highest BCUT2D eigenvalue weighted by molar-refractivity contribution is 5.82. The van der Waals surface area contributed by atoms with Crippen molar-refractivity contribution in [2.75, 3.05) is 26.8 Å². The highest BCUT2D eigenvalue weighted by Gasteiger charge is 2.20. The topological polar surface area (TPSA) is 65.1 Å². The van der Waals surface area contributed by atoms with Gasteiger partial charge in [0.2, 0.25) is 0 Å². The Bertz CT molecular complexity index is 567. The molecule has 1 amide bonds. The molecular weight excluding hydrogens is 310 g/mol. The number of amides is 1. The van der Waals surface area contributed by atoms with E-state index in [0.29, 0.717) is 24.6 Å². The molecule has 1 aromatic carbocycles. The van der Waals surface area contributed by atoms with E-state index in [-0.39, 0.29) is 12.5 Å². The van der Waals surface area contributed by atoms with E-state index < -0.39 is 12.1 Å². The number of carbonyl (C=O) groups excluding carboxylic acids is 2. The molecule has 0 bridgehead atoms. The van der Waals surface area contributed by atoms with Gasteiger partial charge in [0.1, 0.15) is 11.5 Å². The number of rotatable bonds is 9. The van der Waals surface area contributed by atoms with Crippen LogP contribution in [0, 0.1) is 0 Å². The van der Waals surface area contributed by atoms with Crippen LogP contribution in [0.1, 0.15) is 20.8 Å². The molecule has 0 aliphatic heterocycles. The Morgan fingerprint density at radius 2 is 1.79 bits per heavy atom. The van der Waals surface area contributed by atoms with E-state index in [1.165, 1.54) is 0 Å². The Labute approximate surface area is 143 Å². The lowest BCUT2D eigenvalue weighted by atomic mass is 10.3. The molecule has 0 N–H and O–H groups in total. The maximum Gasteiger partial charge on any atom is 0.347 e. The third-order valence-corrected chi connectivity index (χ3v) is 3.24. The molecule has 0 radical (unpaired) electrons. The van der Waals surface area contributed by atoms with Crippen LogP contribution >= 0.6 is 0 Å².